The van der Waals surface area contributed by atoms with Gasteiger partial charge in [-0.05, 0) is 6.07 Å². The van der Waals surface area contributed by atoms with E-state index in [2.05, 4.69) is 10.2 Å². The first-order valence-electron chi connectivity index (χ1n) is 3.45. The van der Waals surface area contributed by atoms with Crippen LogP contribution in [0.2, 0.25) is 0 Å². The fraction of sp³-hybridized carbons (Fsp3) is 0.143. The molecule has 0 unspecified atom stereocenters. The minimum atomic E-state index is 0.440. The van der Waals surface area contributed by atoms with E-state index in [0.29, 0.717) is 6.54 Å². The second kappa shape index (κ2) is 3.04. The molecule has 2 rings (SSSR count). The zero-order valence-electron chi connectivity index (χ0n) is 6.23. The highest BCUT2D eigenvalue weighted by molar-refractivity contribution is 7.14. The Kier molecular flexibility index (Phi) is 1.89. The van der Waals surface area contributed by atoms with Crippen LogP contribution in [0.4, 0.5) is 0 Å². The maximum atomic E-state index is 5.40. The minimum absolute atomic E-state index is 0.440. The first-order chi connectivity index (χ1) is 5.90. The van der Waals surface area contributed by atoms with Gasteiger partial charge in [-0.25, -0.2) is 0 Å². The topological polar surface area (TPSA) is 64.9 Å². The Labute approximate surface area is 73.0 Å². The highest BCUT2D eigenvalue weighted by Gasteiger charge is 2.05. The van der Waals surface area contributed by atoms with E-state index in [1.807, 2.05) is 6.07 Å². The van der Waals surface area contributed by atoms with Crippen LogP contribution in [0.3, 0.4) is 0 Å². The van der Waals surface area contributed by atoms with Gasteiger partial charge in [0.25, 0.3) is 0 Å². The summed E-state index contributed by atoms with van der Waals surface area (Å²) in [7, 11) is 0. The van der Waals surface area contributed by atoms with E-state index < -0.39 is 0 Å². The van der Waals surface area contributed by atoms with Crippen LogP contribution in [-0.2, 0) is 6.54 Å². The highest BCUT2D eigenvalue weighted by Crippen LogP contribution is 2.22. The minimum Gasteiger partial charge on any atom is -0.472 e. The van der Waals surface area contributed by atoms with Crippen molar-refractivity contribution >= 4 is 11.3 Å². The van der Waals surface area contributed by atoms with Crippen LogP contribution in [0, 0.1) is 0 Å². The number of hydrogen-bond acceptors (Lipinski definition) is 5. The van der Waals surface area contributed by atoms with Crippen molar-refractivity contribution in [2.45, 2.75) is 6.54 Å². The van der Waals surface area contributed by atoms with Gasteiger partial charge in [-0.15, -0.1) is 10.2 Å². The van der Waals surface area contributed by atoms with Crippen LogP contribution < -0.4 is 5.73 Å². The average molecular weight is 181 g/mol. The van der Waals surface area contributed by atoms with Crippen LogP contribution in [0.5, 0.6) is 0 Å². The van der Waals surface area contributed by atoms with Crippen molar-refractivity contribution in [2.75, 3.05) is 0 Å². The van der Waals surface area contributed by atoms with Crippen molar-refractivity contribution in [3.05, 3.63) is 23.6 Å². The van der Waals surface area contributed by atoms with Gasteiger partial charge in [-0.1, -0.05) is 11.3 Å². The molecule has 0 atom stereocenters. The molecule has 5 heteroatoms. The predicted molar refractivity (Wildman–Crippen MR) is 45.5 cm³/mol. The molecule has 0 fully saturated rings. The van der Waals surface area contributed by atoms with E-state index in [-0.39, 0.29) is 0 Å². The second-order valence-electron chi connectivity index (χ2n) is 2.22. The lowest BCUT2D eigenvalue weighted by Crippen LogP contribution is -1.94. The summed E-state index contributed by atoms with van der Waals surface area (Å²) in [5, 5.41) is 9.54. The molecule has 2 heterocycles. The summed E-state index contributed by atoms with van der Waals surface area (Å²) in [6, 6.07) is 1.85. The van der Waals surface area contributed by atoms with Gasteiger partial charge in [0.1, 0.15) is 11.3 Å². The Morgan fingerprint density at radius 3 is 3.00 bits per heavy atom. The van der Waals surface area contributed by atoms with E-state index >= 15 is 0 Å². The molecule has 0 aliphatic carbocycles. The molecular weight excluding hydrogens is 174 g/mol. The zero-order chi connectivity index (χ0) is 8.39. The summed E-state index contributed by atoms with van der Waals surface area (Å²) in [4.78, 5) is 0. The molecule has 0 spiro atoms. The molecule has 0 aliphatic rings. The third-order valence-corrected chi connectivity index (χ3v) is 2.40. The van der Waals surface area contributed by atoms with Crippen LogP contribution >= 0.6 is 11.3 Å². The van der Waals surface area contributed by atoms with Gasteiger partial charge in [0, 0.05) is 6.54 Å². The van der Waals surface area contributed by atoms with E-state index in [9.17, 15) is 0 Å². The molecule has 0 aromatic carbocycles. The Balaban J connectivity index is 2.35. The molecule has 0 aliphatic heterocycles. The molecule has 2 aromatic heterocycles. The van der Waals surface area contributed by atoms with Crippen LogP contribution in [0.1, 0.15) is 5.01 Å². The van der Waals surface area contributed by atoms with Gasteiger partial charge in [0.2, 0.25) is 0 Å². The van der Waals surface area contributed by atoms with E-state index in [1.54, 1.807) is 12.5 Å². The quantitative estimate of drug-likeness (QED) is 0.757. The number of rotatable bonds is 2. The van der Waals surface area contributed by atoms with Crippen molar-refractivity contribution in [2.24, 2.45) is 5.73 Å². The van der Waals surface area contributed by atoms with Crippen molar-refractivity contribution < 1.29 is 4.42 Å². The number of hydrogen-bond donors (Lipinski definition) is 1. The lowest BCUT2D eigenvalue weighted by Gasteiger charge is -1.82. The molecule has 0 amide bonds. The molecular formula is C7H7N3OS. The standard InChI is InChI=1S/C7H7N3OS/c8-3-6-9-10-7(12-6)5-1-2-11-4-5/h1-2,4H,3,8H2. The lowest BCUT2D eigenvalue weighted by molar-refractivity contribution is 0.568. The average Bonchev–Trinajstić information content (AvgIpc) is 2.75. The largest absolute Gasteiger partial charge is 0.472 e. The number of furan rings is 1. The molecule has 2 N–H and O–H groups in total. The van der Waals surface area contributed by atoms with Crippen LogP contribution in [0.15, 0.2) is 23.0 Å². The Morgan fingerprint density at radius 1 is 1.50 bits per heavy atom. The number of nitrogens with two attached hydrogens (primary N) is 1. The zero-order valence-corrected chi connectivity index (χ0v) is 7.04. The molecule has 0 saturated heterocycles. The third kappa shape index (κ3) is 1.24. The summed E-state index contributed by atoms with van der Waals surface area (Å²) in [6.45, 7) is 0.440. The summed E-state index contributed by atoms with van der Waals surface area (Å²) in [5.41, 5.74) is 6.35. The van der Waals surface area contributed by atoms with Crippen molar-refractivity contribution in [1.82, 2.24) is 10.2 Å². The van der Waals surface area contributed by atoms with Crippen LogP contribution in [0.25, 0.3) is 10.6 Å². The van der Waals surface area contributed by atoms with Gasteiger partial charge in [-0.3, -0.25) is 0 Å². The van der Waals surface area contributed by atoms with Crippen LogP contribution in [-0.4, -0.2) is 10.2 Å². The maximum absolute atomic E-state index is 5.40. The second-order valence-corrected chi connectivity index (χ2v) is 3.28. The molecule has 4 nitrogen and oxygen atoms in total. The molecule has 0 radical (unpaired) electrons. The smallest absolute Gasteiger partial charge is 0.151 e. The normalized spacial score (nSPS) is 10.4. The molecule has 62 valence electrons. The highest BCUT2D eigenvalue weighted by atomic mass is 32.1. The molecule has 0 bridgehead atoms. The molecule has 0 saturated carbocycles. The van der Waals surface area contributed by atoms with Gasteiger partial charge in [0.05, 0.1) is 11.8 Å². The Morgan fingerprint density at radius 2 is 2.42 bits per heavy atom. The summed E-state index contributed by atoms with van der Waals surface area (Å²) >= 11 is 1.48. The lowest BCUT2D eigenvalue weighted by atomic mass is 10.4. The van der Waals surface area contributed by atoms with Gasteiger partial charge in [-0.2, -0.15) is 0 Å². The summed E-state index contributed by atoms with van der Waals surface area (Å²) in [5.74, 6) is 0. The number of aromatic nitrogens is 2. The first kappa shape index (κ1) is 7.45. The Hall–Kier alpha value is -1.20. The van der Waals surface area contributed by atoms with Crippen molar-refractivity contribution in [3.8, 4) is 10.6 Å². The van der Waals surface area contributed by atoms with Crippen molar-refractivity contribution in [3.63, 3.8) is 0 Å². The third-order valence-electron chi connectivity index (χ3n) is 1.41. The van der Waals surface area contributed by atoms with E-state index in [0.717, 1.165) is 15.6 Å². The predicted octanol–water partition coefficient (Wildman–Crippen LogP) is 1.26. The maximum Gasteiger partial charge on any atom is 0.151 e. The fourth-order valence-corrected chi connectivity index (χ4v) is 1.54. The Bertz CT molecular complexity index is 354. The fourth-order valence-electron chi connectivity index (χ4n) is 0.839. The van der Waals surface area contributed by atoms with Gasteiger partial charge < -0.3 is 10.2 Å². The van der Waals surface area contributed by atoms with E-state index in [4.69, 9.17) is 10.2 Å². The summed E-state index contributed by atoms with van der Waals surface area (Å²) < 4.78 is 4.92. The monoisotopic (exact) mass is 181 g/mol. The van der Waals surface area contributed by atoms with Gasteiger partial charge >= 0.3 is 0 Å². The molecule has 2 aromatic rings. The molecule has 12 heavy (non-hydrogen) atoms. The van der Waals surface area contributed by atoms with E-state index in [1.165, 1.54) is 11.3 Å². The number of nitrogens with zero attached hydrogens (tertiary/aromatic N) is 2. The van der Waals surface area contributed by atoms with Gasteiger partial charge in [0.15, 0.2) is 5.01 Å². The summed E-state index contributed by atoms with van der Waals surface area (Å²) in [6.07, 6.45) is 3.25. The van der Waals surface area contributed by atoms with Crippen molar-refractivity contribution in [1.29, 1.82) is 0 Å². The first-order valence-corrected chi connectivity index (χ1v) is 4.27. The SMILES string of the molecule is NCc1nnc(-c2ccoc2)s1.